The minimum absolute atomic E-state index is 0.0293. The highest BCUT2D eigenvalue weighted by molar-refractivity contribution is 5.92. The lowest BCUT2D eigenvalue weighted by Gasteiger charge is -2.20. The van der Waals surface area contributed by atoms with E-state index in [2.05, 4.69) is 5.32 Å². The molecule has 7 nitrogen and oxygen atoms in total. The van der Waals surface area contributed by atoms with Crippen molar-refractivity contribution in [3.8, 4) is 17.2 Å². The maximum atomic E-state index is 12.6. The molecule has 0 aromatic heterocycles. The van der Waals surface area contributed by atoms with Gasteiger partial charge in [-0.3, -0.25) is 9.59 Å². The highest BCUT2D eigenvalue weighted by Gasteiger charge is 2.22. The zero-order chi connectivity index (χ0) is 23.2. The molecule has 3 aromatic rings. The number of anilines is 1. The molecule has 3 aromatic carbocycles. The largest absolute Gasteiger partial charge is 0.497 e. The van der Waals surface area contributed by atoms with Crippen molar-refractivity contribution in [1.29, 1.82) is 0 Å². The first-order valence-corrected chi connectivity index (χ1v) is 10.6. The molecule has 1 aliphatic rings. The van der Waals surface area contributed by atoms with Crippen molar-refractivity contribution in [3.05, 3.63) is 83.4 Å². The SMILES string of the molecule is COc1cccc(CC(=O)Nc2ccc3c(c2)CN(Cc2cccc(OC)c2)C(=O)CO3)c1. The molecule has 7 heteroatoms. The van der Waals surface area contributed by atoms with E-state index < -0.39 is 0 Å². The van der Waals surface area contributed by atoms with Gasteiger partial charge in [0.25, 0.3) is 5.91 Å². The van der Waals surface area contributed by atoms with Crippen LogP contribution in [0.5, 0.6) is 17.2 Å². The molecular weight excluding hydrogens is 420 g/mol. The number of methoxy groups -OCH3 is 2. The van der Waals surface area contributed by atoms with E-state index in [0.717, 1.165) is 22.4 Å². The Bertz CT molecular complexity index is 1160. The molecule has 1 aliphatic heterocycles. The number of carbonyl (C=O) groups is 2. The number of nitrogens with one attached hydrogen (secondary N) is 1. The Morgan fingerprint density at radius 1 is 0.970 bits per heavy atom. The number of hydrogen-bond donors (Lipinski definition) is 1. The molecule has 2 amide bonds. The normalized spacial score (nSPS) is 12.9. The summed E-state index contributed by atoms with van der Waals surface area (Å²) in [6, 6.07) is 20.5. The smallest absolute Gasteiger partial charge is 0.261 e. The highest BCUT2D eigenvalue weighted by Crippen LogP contribution is 2.28. The fraction of sp³-hybridized carbons (Fsp3) is 0.231. The molecule has 170 valence electrons. The molecule has 0 unspecified atom stereocenters. The molecule has 0 aliphatic carbocycles. The zero-order valence-corrected chi connectivity index (χ0v) is 18.7. The summed E-state index contributed by atoms with van der Waals surface area (Å²) in [5, 5.41) is 2.93. The second-order valence-electron chi connectivity index (χ2n) is 7.79. The van der Waals surface area contributed by atoms with E-state index in [-0.39, 0.29) is 24.8 Å². The minimum Gasteiger partial charge on any atom is -0.497 e. The van der Waals surface area contributed by atoms with Gasteiger partial charge < -0.3 is 24.4 Å². The van der Waals surface area contributed by atoms with E-state index in [1.807, 2.05) is 54.6 Å². The average molecular weight is 447 g/mol. The lowest BCUT2D eigenvalue weighted by molar-refractivity contribution is -0.133. The zero-order valence-electron chi connectivity index (χ0n) is 18.7. The van der Waals surface area contributed by atoms with Crippen molar-refractivity contribution < 1.29 is 23.8 Å². The maximum absolute atomic E-state index is 12.6. The Balaban J connectivity index is 1.46. The summed E-state index contributed by atoms with van der Waals surface area (Å²) in [4.78, 5) is 27.0. The Kier molecular flexibility index (Phi) is 6.78. The molecule has 0 fully saturated rings. The molecule has 0 saturated carbocycles. The van der Waals surface area contributed by atoms with Gasteiger partial charge in [-0.1, -0.05) is 24.3 Å². The first-order chi connectivity index (χ1) is 16.0. The van der Waals surface area contributed by atoms with Crippen LogP contribution in [0.25, 0.3) is 0 Å². The van der Waals surface area contributed by atoms with Gasteiger partial charge in [0.1, 0.15) is 17.2 Å². The maximum Gasteiger partial charge on any atom is 0.261 e. The minimum atomic E-state index is -0.137. The summed E-state index contributed by atoms with van der Waals surface area (Å²) >= 11 is 0. The second kappa shape index (κ2) is 10.1. The first-order valence-electron chi connectivity index (χ1n) is 10.6. The summed E-state index contributed by atoms with van der Waals surface area (Å²) in [5.74, 6) is 1.86. The number of rotatable bonds is 7. The lowest BCUT2D eigenvalue weighted by atomic mass is 10.1. The Morgan fingerprint density at radius 3 is 2.39 bits per heavy atom. The number of hydrogen-bond acceptors (Lipinski definition) is 5. The van der Waals surface area contributed by atoms with Crippen molar-refractivity contribution in [1.82, 2.24) is 4.90 Å². The van der Waals surface area contributed by atoms with Crippen LogP contribution in [0, 0.1) is 0 Å². The van der Waals surface area contributed by atoms with Crippen LogP contribution >= 0.6 is 0 Å². The lowest BCUT2D eigenvalue weighted by Crippen LogP contribution is -2.31. The van der Waals surface area contributed by atoms with Gasteiger partial charge in [-0.15, -0.1) is 0 Å². The molecule has 1 N–H and O–H groups in total. The molecule has 0 atom stereocenters. The van der Waals surface area contributed by atoms with Gasteiger partial charge in [0.2, 0.25) is 5.91 Å². The van der Waals surface area contributed by atoms with Gasteiger partial charge in [-0.05, 0) is 53.6 Å². The number of fused-ring (bicyclic) bond motifs is 1. The van der Waals surface area contributed by atoms with Crippen LogP contribution in [0.4, 0.5) is 5.69 Å². The van der Waals surface area contributed by atoms with Crippen molar-refractivity contribution in [2.45, 2.75) is 19.5 Å². The molecule has 0 spiro atoms. The van der Waals surface area contributed by atoms with Crippen molar-refractivity contribution in [2.75, 3.05) is 26.1 Å². The van der Waals surface area contributed by atoms with Crippen LogP contribution in [0.2, 0.25) is 0 Å². The van der Waals surface area contributed by atoms with Crippen molar-refractivity contribution in [3.63, 3.8) is 0 Å². The van der Waals surface area contributed by atoms with E-state index in [9.17, 15) is 9.59 Å². The van der Waals surface area contributed by atoms with E-state index >= 15 is 0 Å². The average Bonchev–Trinajstić information content (AvgIpc) is 2.97. The van der Waals surface area contributed by atoms with Crippen LogP contribution in [0.3, 0.4) is 0 Å². The fourth-order valence-electron chi connectivity index (χ4n) is 3.75. The van der Waals surface area contributed by atoms with Gasteiger partial charge in [0.15, 0.2) is 6.61 Å². The molecule has 0 bridgehead atoms. The monoisotopic (exact) mass is 446 g/mol. The third-order valence-corrected chi connectivity index (χ3v) is 5.42. The van der Waals surface area contributed by atoms with E-state index in [4.69, 9.17) is 14.2 Å². The summed E-state index contributed by atoms with van der Waals surface area (Å²) < 4.78 is 16.2. The van der Waals surface area contributed by atoms with Crippen LogP contribution in [-0.4, -0.2) is 37.5 Å². The predicted octanol–water partition coefficient (Wildman–Crippen LogP) is 3.81. The fourth-order valence-corrected chi connectivity index (χ4v) is 3.75. The van der Waals surface area contributed by atoms with Crippen LogP contribution in [0.1, 0.15) is 16.7 Å². The Labute approximate surface area is 192 Å². The number of ether oxygens (including phenoxy) is 3. The highest BCUT2D eigenvalue weighted by atomic mass is 16.5. The number of amides is 2. The first kappa shape index (κ1) is 22.2. The number of benzene rings is 3. The van der Waals surface area contributed by atoms with Gasteiger partial charge in [0.05, 0.1) is 20.6 Å². The standard InChI is InChI=1S/C26H26N2O5/c1-31-22-7-3-5-18(11-22)13-25(29)27-21-9-10-24-20(14-21)16-28(26(30)17-33-24)15-19-6-4-8-23(12-19)32-2/h3-12,14H,13,15-17H2,1-2H3,(H,27,29). The quantitative estimate of drug-likeness (QED) is 0.597. The molecular formula is C26H26N2O5. The van der Waals surface area contributed by atoms with Crippen molar-refractivity contribution in [2.24, 2.45) is 0 Å². The molecule has 0 radical (unpaired) electrons. The van der Waals surface area contributed by atoms with Gasteiger partial charge in [-0.2, -0.15) is 0 Å². The van der Waals surface area contributed by atoms with Gasteiger partial charge in [0, 0.05) is 24.3 Å². The van der Waals surface area contributed by atoms with E-state index in [0.29, 0.717) is 30.3 Å². The van der Waals surface area contributed by atoms with Gasteiger partial charge >= 0.3 is 0 Å². The van der Waals surface area contributed by atoms with E-state index in [1.54, 1.807) is 31.3 Å². The Morgan fingerprint density at radius 2 is 1.67 bits per heavy atom. The topological polar surface area (TPSA) is 77.1 Å². The van der Waals surface area contributed by atoms with Crippen LogP contribution < -0.4 is 19.5 Å². The molecule has 1 heterocycles. The predicted molar refractivity (Wildman–Crippen MR) is 125 cm³/mol. The van der Waals surface area contributed by atoms with Gasteiger partial charge in [-0.25, -0.2) is 0 Å². The van der Waals surface area contributed by atoms with Crippen LogP contribution in [-0.2, 0) is 29.1 Å². The second-order valence-corrected chi connectivity index (χ2v) is 7.79. The number of carbonyl (C=O) groups excluding carboxylic acids is 2. The molecule has 0 saturated heterocycles. The summed E-state index contributed by atoms with van der Waals surface area (Å²) in [6.07, 6.45) is 0.227. The summed E-state index contributed by atoms with van der Waals surface area (Å²) in [7, 11) is 3.21. The molecule has 4 rings (SSSR count). The third-order valence-electron chi connectivity index (χ3n) is 5.42. The third kappa shape index (κ3) is 5.63. The van der Waals surface area contributed by atoms with Crippen LogP contribution in [0.15, 0.2) is 66.7 Å². The Hall–Kier alpha value is -4.00. The number of nitrogens with zero attached hydrogens (tertiary/aromatic N) is 1. The van der Waals surface area contributed by atoms with Crippen molar-refractivity contribution >= 4 is 17.5 Å². The van der Waals surface area contributed by atoms with E-state index in [1.165, 1.54) is 0 Å². The molecule has 33 heavy (non-hydrogen) atoms. The summed E-state index contributed by atoms with van der Waals surface area (Å²) in [6.45, 7) is 0.786. The summed E-state index contributed by atoms with van der Waals surface area (Å²) in [5.41, 5.74) is 3.32.